The highest BCUT2D eigenvalue weighted by Crippen LogP contribution is 2.20. The Labute approximate surface area is 177 Å². The summed E-state index contributed by atoms with van der Waals surface area (Å²) >= 11 is 5.86. The van der Waals surface area contributed by atoms with Crippen LogP contribution in [-0.4, -0.2) is 45.7 Å². The number of hydrogen-bond acceptors (Lipinski definition) is 4. The van der Waals surface area contributed by atoms with Gasteiger partial charge in [0.25, 0.3) is 0 Å². The number of nitrogens with zero attached hydrogens (tertiary/aromatic N) is 1. The van der Waals surface area contributed by atoms with Crippen LogP contribution in [0.1, 0.15) is 19.4 Å². The summed E-state index contributed by atoms with van der Waals surface area (Å²) in [5.41, 5.74) is -0.341. The summed E-state index contributed by atoms with van der Waals surface area (Å²) in [5.74, 6) is 0.491. The van der Waals surface area contributed by atoms with Crippen molar-refractivity contribution in [3.63, 3.8) is 0 Å². The number of nitrogens with one attached hydrogen (secondary N) is 3. The van der Waals surface area contributed by atoms with Crippen molar-refractivity contribution in [3.05, 3.63) is 65.2 Å². The Morgan fingerprint density at radius 1 is 1.10 bits per heavy atom. The van der Waals surface area contributed by atoms with E-state index in [0.717, 1.165) is 5.56 Å². The number of rotatable bonds is 9. The summed E-state index contributed by atoms with van der Waals surface area (Å²) in [5, 5.41) is 17.2. The average Bonchev–Trinajstić information content (AvgIpc) is 2.70. The maximum atomic E-state index is 12.3. The summed E-state index contributed by atoms with van der Waals surface area (Å²) in [6, 6.07) is 15.4. The molecule has 0 saturated carbocycles. The molecular weight excluding hydrogens is 412 g/mol. The van der Waals surface area contributed by atoms with Gasteiger partial charge in [0.15, 0.2) is 5.96 Å². The second-order valence-electron chi connectivity index (χ2n) is 6.62. The van der Waals surface area contributed by atoms with Crippen molar-refractivity contribution in [2.24, 2.45) is 4.99 Å². The number of halogens is 1. The minimum absolute atomic E-state index is 0.115. The zero-order chi connectivity index (χ0) is 21.3. The second-order valence-corrected chi connectivity index (χ2v) is 8.82. The molecule has 0 aromatic heterocycles. The Hall–Kier alpha value is -2.13. The summed E-state index contributed by atoms with van der Waals surface area (Å²) in [4.78, 5) is 4.53. The van der Waals surface area contributed by atoms with Crippen molar-refractivity contribution < 1.29 is 13.5 Å². The van der Waals surface area contributed by atoms with Crippen LogP contribution in [0.25, 0.3) is 0 Å². The highest BCUT2D eigenvalue weighted by atomic mass is 35.5. The quantitative estimate of drug-likeness (QED) is 0.273. The van der Waals surface area contributed by atoms with Crippen molar-refractivity contribution in [1.82, 2.24) is 15.4 Å². The van der Waals surface area contributed by atoms with E-state index in [1.165, 1.54) is 12.1 Å². The maximum Gasteiger partial charge on any atom is 0.240 e. The molecule has 0 aliphatic rings. The molecule has 29 heavy (non-hydrogen) atoms. The van der Waals surface area contributed by atoms with Crippen LogP contribution in [0.5, 0.6) is 0 Å². The minimum Gasteiger partial charge on any atom is -0.384 e. The molecule has 0 spiro atoms. The molecule has 2 aromatic rings. The number of hydrogen-bond donors (Lipinski definition) is 4. The fourth-order valence-electron chi connectivity index (χ4n) is 2.55. The Bertz CT molecular complexity index is 918. The third-order valence-corrected chi connectivity index (χ3v) is 5.79. The van der Waals surface area contributed by atoms with Crippen LogP contribution in [0.4, 0.5) is 0 Å². The van der Waals surface area contributed by atoms with Crippen LogP contribution in [-0.2, 0) is 15.6 Å². The van der Waals surface area contributed by atoms with Gasteiger partial charge < -0.3 is 15.7 Å². The summed E-state index contributed by atoms with van der Waals surface area (Å²) in [6.07, 6.45) is 0. The van der Waals surface area contributed by atoms with E-state index in [-0.39, 0.29) is 18.0 Å². The molecule has 0 bridgehead atoms. The fraction of sp³-hybridized carbons (Fsp3) is 0.350. The second kappa shape index (κ2) is 10.6. The van der Waals surface area contributed by atoms with E-state index < -0.39 is 15.6 Å². The Morgan fingerprint density at radius 2 is 1.83 bits per heavy atom. The third-order valence-electron chi connectivity index (χ3n) is 4.10. The van der Waals surface area contributed by atoms with Gasteiger partial charge in [-0.2, -0.15) is 0 Å². The van der Waals surface area contributed by atoms with Crippen molar-refractivity contribution in [2.75, 3.05) is 26.2 Å². The van der Waals surface area contributed by atoms with Gasteiger partial charge in [0, 0.05) is 24.7 Å². The van der Waals surface area contributed by atoms with E-state index in [9.17, 15) is 13.5 Å². The van der Waals surface area contributed by atoms with E-state index >= 15 is 0 Å². The number of guanidine groups is 1. The van der Waals surface area contributed by atoms with Gasteiger partial charge in [0.05, 0.1) is 11.4 Å². The van der Waals surface area contributed by atoms with Crippen molar-refractivity contribution >= 4 is 27.6 Å². The predicted molar refractivity (Wildman–Crippen MR) is 117 cm³/mol. The summed E-state index contributed by atoms with van der Waals surface area (Å²) < 4.78 is 27.1. The maximum absolute atomic E-state index is 12.3. The van der Waals surface area contributed by atoms with E-state index in [0.29, 0.717) is 24.1 Å². The number of benzene rings is 2. The smallest absolute Gasteiger partial charge is 0.240 e. The molecular formula is C20H27ClN4O3S. The van der Waals surface area contributed by atoms with Crippen LogP contribution >= 0.6 is 11.6 Å². The summed E-state index contributed by atoms with van der Waals surface area (Å²) in [7, 11) is -3.64. The first-order chi connectivity index (χ1) is 13.7. The van der Waals surface area contributed by atoms with Gasteiger partial charge in [-0.05, 0) is 37.6 Å². The molecule has 1 unspecified atom stereocenters. The lowest BCUT2D eigenvalue weighted by atomic mass is 9.96. The third kappa shape index (κ3) is 7.32. The average molecular weight is 439 g/mol. The fourth-order valence-corrected chi connectivity index (χ4v) is 3.88. The van der Waals surface area contributed by atoms with Crippen LogP contribution in [0.15, 0.2) is 64.5 Å². The zero-order valence-electron chi connectivity index (χ0n) is 16.5. The number of aliphatic hydroxyl groups is 1. The molecule has 7 nitrogen and oxygen atoms in total. The molecule has 158 valence electrons. The first kappa shape index (κ1) is 23.2. The standard InChI is InChI=1S/C20H27ClN4O3S/c1-3-22-19(24-15-20(2,26)16-8-5-4-6-9-16)23-12-13-25-29(27,28)18-11-7-10-17(21)14-18/h4-11,14,25-26H,3,12-13,15H2,1-2H3,(H2,22,23,24). The Balaban J connectivity index is 1.91. The van der Waals surface area contributed by atoms with Crippen molar-refractivity contribution in [3.8, 4) is 0 Å². The lowest BCUT2D eigenvalue weighted by molar-refractivity contribution is 0.0672. The van der Waals surface area contributed by atoms with Crippen molar-refractivity contribution in [2.45, 2.75) is 24.3 Å². The predicted octanol–water partition coefficient (Wildman–Crippen LogP) is 2.08. The van der Waals surface area contributed by atoms with Gasteiger partial charge in [0.2, 0.25) is 10.0 Å². The monoisotopic (exact) mass is 438 g/mol. The van der Waals surface area contributed by atoms with E-state index in [1.807, 2.05) is 37.3 Å². The van der Waals surface area contributed by atoms with E-state index in [2.05, 4.69) is 20.3 Å². The number of aliphatic imine (C=N–C) groups is 1. The molecule has 0 fully saturated rings. The molecule has 0 aliphatic heterocycles. The van der Waals surface area contributed by atoms with Gasteiger partial charge in [-0.1, -0.05) is 48.0 Å². The van der Waals surface area contributed by atoms with Crippen LogP contribution < -0.4 is 15.4 Å². The van der Waals surface area contributed by atoms with Crippen LogP contribution in [0, 0.1) is 0 Å². The molecule has 0 aliphatic carbocycles. The molecule has 9 heteroatoms. The van der Waals surface area contributed by atoms with E-state index in [1.54, 1.807) is 19.1 Å². The minimum atomic E-state index is -3.64. The zero-order valence-corrected chi connectivity index (χ0v) is 18.1. The molecule has 0 heterocycles. The van der Waals surface area contributed by atoms with Crippen molar-refractivity contribution in [1.29, 1.82) is 0 Å². The highest BCUT2D eigenvalue weighted by Gasteiger charge is 2.22. The molecule has 0 amide bonds. The van der Waals surface area contributed by atoms with Gasteiger partial charge >= 0.3 is 0 Å². The van der Waals surface area contributed by atoms with Crippen LogP contribution in [0.3, 0.4) is 0 Å². The topological polar surface area (TPSA) is 103 Å². The van der Waals surface area contributed by atoms with Gasteiger partial charge in [-0.25, -0.2) is 18.1 Å². The highest BCUT2D eigenvalue weighted by molar-refractivity contribution is 7.89. The van der Waals surface area contributed by atoms with Crippen LogP contribution in [0.2, 0.25) is 5.02 Å². The Morgan fingerprint density at radius 3 is 2.48 bits per heavy atom. The normalized spacial score (nSPS) is 14.3. The molecule has 2 rings (SSSR count). The van der Waals surface area contributed by atoms with Gasteiger partial charge in [-0.15, -0.1) is 0 Å². The largest absolute Gasteiger partial charge is 0.384 e. The van der Waals surface area contributed by atoms with E-state index in [4.69, 9.17) is 11.6 Å². The molecule has 0 radical (unpaired) electrons. The molecule has 0 saturated heterocycles. The molecule has 2 aromatic carbocycles. The SMILES string of the molecule is CCNC(=NCC(C)(O)c1ccccc1)NCCNS(=O)(=O)c1cccc(Cl)c1. The first-order valence-corrected chi connectivity index (χ1v) is 11.2. The molecule has 1 atom stereocenters. The van der Waals surface area contributed by atoms with Gasteiger partial charge in [-0.3, -0.25) is 0 Å². The number of sulfonamides is 1. The first-order valence-electron chi connectivity index (χ1n) is 9.30. The van der Waals surface area contributed by atoms with Gasteiger partial charge in [0.1, 0.15) is 5.60 Å². The molecule has 4 N–H and O–H groups in total. The Kier molecular flexibility index (Phi) is 8.45. The summed E-state index contributed by atoms with van der Waals surface area (Å²) in [6.45, 7) is 4.89. The lowest BCUT2D eigenvalue weighted by Gasteiger charge is -2.22. The lowest BCUT2D eigenvalue weighted by Crippen LogP contribution is -2.42.